The van der Waals surface area contributed by atoms with Crippen LogP contribution in [0.15, 0.2) is 96.2 Å². The van der Waals surface area contributed by atoms with E-state index in [2.05, 4.69) is 34.7 Å². The summed E-state index contributed by atoms with van der Waals surface area (Å²) in [7, 11) is 0. The highest BCUT2D eigenvalue weighted by atomic mass is 35.5. The van der Waals surface area contributed by atoms with Crippen molar-refractivity contribution in [1.29, 1.82) is 0 Å². The van der Waals surface area contributed by atoms with Gasteiger partial charge < -0.3 is 5.32 Å². The Morgan fingerprint density at radius 2 is 1.16 bits per heavy atom. The average Bonchev–Trinajstić information content (AvgIpc) is 2.69. The van der Waals surface area contributed by atoms with Crippen LogP contribution in [0.1, 0.15) is 11.1 Å². The van der Waals surface area contributed by atoms with Crippen molar-refractivity contribution in [2.45, 2.75) is 0 Å². The maximum absolute atomic E-state index is 6.16. The van der Waals surface area contributed by atoms with Crippen molar-refractivity contribution in [3.63, 3.8) is 0 Å². The molecule has 3 aromatic carbocycles. The van der Waals surface area contributed by atoms with Crippen LogP contribution in [0.3, 0.4) is 0 Å². The van der Waals surface area contributed by atoms with Crippen LogP contribution < -0.4 is 5.32 Å². The van der Waals surface area contributed by atoms with Gasteiger partial charge in [0.2, 0.25) is 0 Å². The molecule has 1 N–H and O–H groups in total. The summed E-state index contributed by atoms with van der Waals surface area (Å²) in [5, 5.41) is 7.72. The first-order valence-electron chi connectivity index (χ1n) is 8.03. The largest absolute Gasteiger partial charge is 0.336 e. The van der Waals surface area contributed by atoms with Crippen molar-refractivity contribution in [2.24, 2.45) is 5.10 Å². The van der Waals surface area contributed by atoms with E-state index in [0.717, 1.165) is 22.7 Å². The summed E-state index contributed by atoms with van der Waals surface area (Å²) in [6.07, 6.45) is 1.76. The van der Waals surface area contributed by atoms with Crippen LogP contribution in [-0.2, 0) is 0 Å². The highest BCUT2D eigenvalue weighted by molar-refractivity contribution is 6.16. The van der Waals surface area contributed by atoms with Gasteiger partial charge in [-0.2, -0.15) is 4.53 Å². The first-order chi connectivity index (χ1) is 12.3. The van der Waals surface area contributed by atoms with Gasteiger partial charge in [0.25, 0.3) is 0 Å². The standard InChI is InChI=1S/C21H16ClN3/c22-25-15-20(18-9-5-2-6-10-18)23-21(24-25)19-13-11-17(12-14-19)16-7-3-1-4-8-16/h1-15H,(H,23,24). The number of hydrogen-bond acceptors (Lipinski definition) is 3. The molecule has 0 aromatic heterocycles. The highest BCUT2D eigenvalue weighted by Crippen LogP contribution is 2.22. The third-order valence-electron chi connectivity index (χ3n) is 4.03. The van der Waals surface area contributed by atoms with E-state index in [1.165, 1.54) is 15.7 Å². The Hall–Kier alpha value is -3.04. The summed E-state index contributed by atoms with van der Waals surface area (Å²) in [5.74, 6) is 0.718. The lowest BCUT2D eigenvalue weighted by molar-refractivity contribution is 0.640. The Morgan fingerprint density at radius 3 is 1.80 bits per heavy atom. The van der Waals surface area contributed by atoms with Gasteiger partial charge in [-0.15, -0.1) is 5.10 Å². The van der Waals surface area contributed by atoms with Gasteiger partial charge in [-0.05, 0) is 16.7 Å². The second-order valence-electron chi connectivity index (χ2n) is 5.71. The van der Waals surface area contributed by atoms with Crippen LogP contribution in [0.5, 0.6) is 0 Å². The number of amidine groups is 1. The molecule has 0 bridgehead atoms. The molecule has 1 aliphatic heterocycles. The predicted molar refractivity (Wildman–Crippen MR) is 104 cm³/mol. The van der Waals surface area contributed by atoms with E-state index in [-0.39, 0.29) is 0 Å². The van der Waals surface area contributed by atoms with Gasteiger partial charge in [0.05, 0.1) is 11.9 Å². The van der Waals surface area contributed by atoms with Gasteiger partial charge in [-0.3, -0.25) is 0 Å². The number of hydrogen-bond donors (Lipinski definition) is 1. The normalized spacial score (nSPS) is 13.7. The highest BCUT2D eigenvalue weighted by Gasteiger charge is 2.15. The Balaban J connectivity index is 1.60. The molecule has 0 saturated heterocycles. The van der Waals surface area contributed by atoms with E-state index < -0.39 is 0 Å². The molecule has 0 amide bonds. The van der Waals surface area contributed by atoms with Gasteiger partial charge in [0.15, 0.2) is 5.84 Å². The number of halogens is 1. The fourth-order valence-electron chi connectivity index (χ4n) is 2.76. The molecule has 25 heavy (non-hydrogen) atoms. The molecular formula is C21H16ClN3. The molecule has 0 radical (unpaired) electrons. The smallest absolute Gasteiger partial charge is 0.159 e. The second kappa shape index (κ2) is 6.83. The Kier molecular flexibility index (Phi) is 4.23. The van der Waals surface area contributed by atoms with E-state index in [0.29, 0.717) is 0 Å². The molecule has 1 heterocycles. The van der Waals surface area contributed by atoms with E-state index >= 15 is 0 Å². The number of rotatable bonds is 3. The summed E-state index contributed by atoms with van der Waals surface area (Å²) in [4.78, 5) is 0. The van der Waals surface area contributed by atoms with Gasteiger partial charge in [-0.25, -0.2) is 0 Å². The molecule has 4 heteroatoms. The average molecular weight is 346 g/mol. The summed E-state index contributed by atoms with van der Waals surface area (Å²) >= 11 is 6.16. The molecule has 4 rings (SSSR count). The van der Waals surface area contributed by atoms with Crippen LogP contribution in [0.25, 0.3) is 16.8 Å². The molecule has 122 valence electrons. The summed E-state index contributed by atoms with van der Waals surface area (Å²) in [5.41, 5.74) is 5.31. The van der Waals surface area contributed by atoms with Gasteiger partial charge in [-0.1, -0.05) is 84.9 Å². The van der Waals surface area contributed by atoms with Crippen molar-refractivity contribution < 1.29 is 0 Å². The lowest BCUT2D eigenvalue weighted by Gasteiger charge is -2.21. The zero-order chi connectivity index (χ0) is 17.1. The minimum atomic E-state index is 0.718. The molecule has 0 unspecified atom stereocenters. The molecular weight excluding hydrogens is 330 g/mol. The van der Waals surface area contributed by atoms with Crippen molar-refractivity contribution in [3.05, 3.63) is 102 Å². The van der Waals surface area contributed by atoms with Crippen molar-refractivity contribution >= 4 is 23.3 Å². The molecule has 0 aliphatic carbocycles. The lowest BCUT2D eigenvalue weighted by atomic mass is 10.0. The minimum absolute atomic E-state index is 0.718. The van der Waals surface area contributed by atoms with Crippen molar-refractivity contribution in [1.82, 2.24) is 9.84 Å². The van der Waals surface area contributed by atoms with Gasteiger partial charge in [0, 0.05) is 17.3 Å². The Bertz CT molecular complexity index is 916. The second-order valence-corrected chi connectivity index (χ2v) is 6.06. The fourth-order valence-corrected chi connectivity index (χ4v) is 2.93. The molecule has 3 nitrogen and oxygen atoms in total. The summed E-state index contributed by atoms with van der Waals surface area (Å²) in [6, 6.07) is 28.6. The van der Waals surface area contributed by atoms with Gasteiger partial charge in [0.1, 0.15) is 0 Å². The first-order valence-corrected chi connectivity index (χ1v) is 8.37. The molecule has 0 atom stereocenters. The summed E-state index contributed by atoms with van der Waals surface area (Å²) < 4.78 is 1.32. The van der Waals surface area contributed by atoms with Crippen LogP contribution >= 0.6 is 11.8 Å². The topological polar surface area (TPSA) is 27.6 Å². The molecule has 0 saturated carbocycles. The number of hydrazone groups is 1. The first kappa shape index (κ1) is 15.5. The van der Waals surface area contributed by atoms with E-state index in [1.807, 2.05) is 60.7 Å². The Labute approximate surface area is 152 Å². The van der Waals surface area contributed by atoms with Crippen LogP contribution in [0, 0.1) is 0 Å². The molecule has 3 aromatic rings. The maximum atomic E-state index is 6.16. The van der Waals surface area contributed by atoms with Crippen LogP contribution in [-0.4, -0.2) is 10.4 Å². The van der Waals surface area contributed by atoms with E-state index in [1.54, 1.807) is 6.20 Å². The third kappa shape index (κ3) is 3.42. The van der Waals surface area contributed by atoms with E-state index in [9.17, 15) is 0 Å². The quantitative estimate of drug-likeness (QED) is 0.671. The minimum Gasteiger partial charge on any atom is -0.336 e. The monoisotopic (exact) mass is 345 g/mol. The molecule has 0 spiro atoms. The third-order valence-corrected chi connectivity index (χ3v) is 4.21. The van der Waals surface area contributed by atoms with Crippen LogP contribution in [0.4, 0.5) is 0 Å². The maximum Gasteiger partial charge on any atom is 0.159 e. The van der Waals surface area contributed by atoms with Gasteiger partial charge >= 0.3 is 0 Å². The zero-order valence-corrected chi connectivity index (χ0v) is 14.2. The SMILES string of the molecule is ClN1C=C(c2ccccc2)NC(c2ccc(-c3ccccc3)cc2)=N1. The molecule has 0 fully saturated rings. The van der Waals surface area contributed by atoms with E-state index in [4.69, 9.17) is 11.8 Å². The molecule has 1 aliphatic rings. The van der Waals surface area contributed by atoms with Crippen molar-refractivity contribution in [2.75, 3.05) is 0 Å². The Morgan fingerprint density at radius 1 is 0.640 bits per heavy atom. The fraction of sp³-hybridized carbons (Fsp3) is 0. The number of benzene rings is 3. The predicted octanol–water partition coefficient (Wildman–Crippen LogP) is 5.07. The van der Waals surface area contributed by atoms with Crippen LogP contribution in [0.2, 0.25) is 0 Å². The zero-order valence-electron chi connectivity index (χ0n) is 13.4. The lowest BCUT2D eigenvalue weighted by Crippen LogP contribution is -2.29. The summed E-state index contributed by atoms with van der Waals surface area (Å²) in [6.45, 7) is 0. The number of nitrogens with one attached hydrogen (secondary N) is 1. The number of nitrogens with zero attached hydrogens (tertiary/aromatic N) is 2. The van der Waals surface area contributed by atoms with Crippen molar-refractivity contribution in [3.8, 4) is 11.1 Å².